The number of hydrogen-bond donors (Lipinski definition) is 1. The minimum Gasteiger partial charge on any atom is -0.374 e. The van der Waals surface area contributed by atoms with Gasteiger partial charge in [0.2, 0.25) is 0 Å². The Labute approximate surface area is 125 Å². The highest BCUT2D eigenvalue weighted by Gasteiger charge is 2.32. The molecule has 2 heterocycles. The molecule has 22 heavy (non-hydrogen) atoms. The fraction of sp³-hybridized carbons (Fsp3) is 0.357. The first-order valence-corrected chi connectivity index (χ1v) is 6.85. The third kappa shape index (κ3) is 2.77. The van der Waals surface area contributed by atoms with Crippen molar-refractivity contribution in [1.29, 1.82) is 0 Å². The molecular weight excluding hydrogens is 291 g/mol. The van der Waals surface area contributed by atoms with Crippen LogP contribution in [0.2, 0.25) is 0 Å². The van der Waals surface area contributed by atoms with Crippen LogP contribution in [0.4, 0.5) is 15.8 Å². The molecule has 1 fully saturated rings. The van der Waals surface area contributed by atoms with E-state index in [9.17, 15) is 14.5 Å². The zero-order chi connectivity index (χ0) is 15.7. The molecule has 0 bridgehead atoms. The molecule has 0 radical (unpaired) electrons. The number of ether oxygens (including phenoxy) is 1. The van der Waals surface area contributed by atoms with E-state index in [0.717, 1.165) is 11.6 Å². The van der Waals surface area contributed by atoms with Gasteiger partial charge in [0.15, 0.2) is 0 Å². The maximum absolute atomic E-state index is 13.2. The van der Waals surface area contributed by atoms with Gasteiger partial charge in [0.05, 0.1) is 23.2 Å². The summed E-state index contributed by atoms with van der Waals surface area (Å²) in [6, 6.07) is 3.36. The van der Waals surface area contributed by atoms with Gasteiger partial charge in [-0.3, -0.25) is 14.8 Å². The topological polar surface area (TPSA) is 82.2 Å². The number of anilines is 1. The molecule has 2 atom stereocenters. The van der Waals surface area contributed by atoms with E-state index in [4.69, 9.17) is 4.74 Å². The lowest BCUT2D eigenvalue weighted by Gasteiger charge is -2.19. The third-order valence-electron chi connectivity index (χ3n) is 3.64. The van der Waals surface area contributed by atoms with E-state index in [2.05, 4.69) is 10.4 Å². The highest BCUT2D eigenvalue weighted by atomic mass is 19.1. The molecule has 0 aliphatic carbocycles. The Morgan fingerprint density at radius 3 is 3.05 bits per heavy atom. The zero-order valence-electron chi connectivity index (χ0n) is 11.9. The molecule has 0 amide bonds. The Hall–Kier alpha value is -2.48. The van der Waals surface area contributed by atoms with Gasteiger partial charge in [-0.25, -0.2) is 4.39 Å². The van der Waals surface area contributed by atoms with Crippen LogP contribution >= 0.6 is 0 Å². The number of nitro groups is 1. The molecule has 2 aromatic rings. The smallest absolute Gasteiger partial charge is 0.295 e. The van der Waals surface area contributed by atoms with Crippen molar-refractivity contribution in [2.45, 2.75) is 18.6 Å². The first-order valence-electron chi connectivity index (χ1n) is 6.85. The summed E-state index contributed by atoms with van der Waals surface area (Å²) in [7, 11) is 1.81. The SMILES string of the molecule is Cn1cc([C@H]2OCC[C@@H]2Nc2ccc(F)cc2[N+](=O)[O-])cn1. The number of aromatic nitrogens is 2. The Kier molecular flexibility index (Phi) is 3.76. The summed E-state index contributed by atoms with van der Waals surface area (Å²) in [5.74, 6) is -0.635. The lowest BCUT2D eigenvalue weighted by atomic mass is 10.0. The van der Waals surface area contributed by atoms with Gasteiger partial charge < -0.3 is 10.1 Å². The molecular formula is C14H15FN4O3. The second-order valence-electron chi connectivity index (χ2n) is 5.20. The maximum atomic E-state index is 13.2. The summed E-state index contributed by atoms with van der Waals surface area (Å²) in [6.45, 7) is 0.548. The molecule has 0 saturated carbocycles. The molecule has 0 unspecified atom stereocenters. The van der Waals surface area contributed by atoms with Crippen LogP contribution in [0.1, 0.15) is 18.1 Å². The van der Waals surface area contributed by atoms with Crippen molar-refractivity contribution in [3.05, 3.63) is 52.1 Å². The Balaban J connectivity index is 1.84. The molecule has 1 aliphatic heterocycles. The summed E-state index contributed by atoms with van der Waals surface area (Å²) in [5.41, 5.74) is 0.912. The largest absolute Gasteiger partial charge is 0.374 e. The van der Waals surface area contributed by atoms with Crippen LogP contribution in [0.5, 0.6) is 0 Å². The lowest BCUT2D eigenvalue weighted by molar-refractivity contribution is -0.384. The van der Waals surface area contributed by atoms with Crippen molar-refractivity contribution in [3.63, 3.8) is 0 Å². The van der Waals surface area contributed by atoms with Crippen LogP contribution in [-0.4, -0.2) is 27.4 Å². The quantitative estimate of drug-likeness (QED) is 0.693. The lowest BCUT2D eigenvalue weighted by Crippen LogP contribution is -2.23. The summed E-state index contributed by atoms with van der Waals surface area (Å²) < 4.78 is 20.6. The van der Waals surface area contributed by atoms with E-state index in [1.54, 1.807) is 10.9 Å². The summed E-state index contributed by atoms with van der Waals surface area (Å²) >= 11 is 0. The van der Waals surface area contributed by atoms with Crippen LogP contribution in [-0.2, 0) is 11.8 Å². The summed E-state index contributed by atoms with van der Waals surface area (Å²) in [4.78, 5) is 10.5. The van der Waals surface area contributed by atoms with Gasteiger partial charge in [0.25, 0.3) is 5.69 Å². The van der Waals surface area contributed by atoms with Crippen LogP contribution in [0.3, 0.4) is 0 Å². The van der Waals surface area contributed by atoms with Crippen LogP contribution in [0.25, 0.3) is 0 Å². The first kappa shape index (κ1) is 14.5. The van der Waals surface area contributed by atoms with Gasteiger partial charge in [-0.2, -0.15) is 5.10 Å². The molecule has 0 spiro atoms. The first-order chi connectivity index (χ1) is 10.5. The van der Waals surface area contributed by atoms with E-state index in [1.165, 1.54) is 12.1 Å². The minimum atomic E-state index is -0.635. The van der Waals surface area contributed by atoms with Crippen LogP contribution < -0.4 is 5.32 Å². The maximum Gasteiger partial charge on any atom is 0.295 e. The van der Waals surface area contributed by atoms with Gasteiger partial charge in [-0.1, -0.05) is 0 Å². The number of benzene rings is 1. The van der Waals surface area contributed by atoms with Gasteiger partial charge in [0.1, 0.15) is 17.6 Å². The number of nitrogens with one attached hydrogen (secondary N) is 1. The molecule has 116 valence electrons. The van der Waals surface area contributed by atoms with E-state index >= 15 is 0 Å². The van der Waals surface area contributed by atoms with Gasteiger partial charge in [-0.15, -0.1) is 0 Å². The second-order valence-corrected chi connectivity index (χ2v) is 5.20. The standard InChI is InChI=1S/C14H15FN4O3/c1-18-8-9(7-16-18)14-12(4-5-22-14)17-11-3-2-10(15)6-13(11)19(20)21/h2-3,6-8,12,14,17H,4-5H2,1H3/t12-,14+/m0/s1. The molecule has 3 rings (SSSR count). The van der Waals surface area contributed by atoms with Crippen molar-refractivity contribution in [1.82, 2.24) is 9.78 Å². The number of nitro benzene ring substituents is 1. The Morgan fingerprint density at radius 2 is 2.36 bits per heavy atom. The van der Waals surface area contributed by atoms with Gasteiger partial charge in [-0.05, 0) is 18.6 Å². The van der Waals surface area contributed by atoms with Crippen molar-refractivity contribution in [2.24, 2.45) is 7.05 Å². The number of aryl methyl sites for hydroxylation is 1. The van der Waals surface area contributed by atoms with Crippen molar-refractivity contribution < 1.29 is 14.1 Å². The molecule has 1 saturated heterocycles. The molecule has 1 aromatic carbocycles. The fourth-order valence-corrected chi connectivity index (χ4v) is 2.63. The number of nitrogens with zero attached hydrogens (tertiary/aromatic N) is 3. The average Bonchev–Trinajstić information content (AvgIpc) is 3.09. The fourth-order valence-electron chi connectivity index (χ4n) is 2.63. The van der Waals surface area contributed by atoms with E-state index in [0.29, 0.717) is 13.0 Å². The molecule has 8 heteroatoms. The predicted molar refractivity (Wildman–Crippen MR) is 77.0 cm³/mol. The molecule has 1 N–H and O–H groups in total. The monoisotopic (exact) mass is 306 g/mol. The number of hydrogen-bond acceptors (Lipinski definition) is 5. The minimum absolute atomic E-state index is 0.131. The second kappa shape index (κ2) is 5.72. The van der Waals surface area contributed by atoms with Gasteiger partial charge >= 0.3 is 0 Å². The van der Waals surface area contributed by atoms with E-state index in [-0.39, 0.29) is 23.5 Å². The van der Waals surface area contributed by atoms with E-state index < -0.39 is 10.7 Å². The highest BCUT2D eigenvalue weighted by molar-refractivity contribution is 5.62. The van der Waals surface area contributed by atoms with Gasteiger partial charge in [0, 0.05) is 25.4 Å². The summed E-state index contributed by atoms with van der Waals surface area (Å²) in [5, 5.41) is 18.3. The molecule has 7 nitrogen and oxygen atoms in total. The predicted octanol–water partition coefficient (Wildman–Crippen LogP) is 2.41. The van der Waals surface area contributed by atoms with Crippen LogP contribution in [0, 0.1) is 15.9 Å². The number of halogens is 1. The van der Waals surface area contributed by atoms with Crippen molar-refractivity contribution in [2.75, 3.05) is 11.9 Å². The molecule has 1 aromatic heterocycles. The Morgan fingerprint density at radius 1 is 1.55 bits per heavy atom. The average molecular weight is 306 g/mol. The zero-order valence-corrected chi connectivity index (χ0v) is 11.9. The van der Waals surface area contributed by atoms with Crippen molar-refractivity contribution in [3.8, 4) is 0 Å². The highest BCUT2D eigenvalue weighted by Crippen LogP contribution is 2.34. The third-order valence-corrected chi connectivity index (χ3v) is 3.64. The number of rotatable bonds is 4. The van der Waals surface area contributed by atoms with Crippen LogP contribution in [0.15, 0.2) is 30.6 Å². The van der Waals surface area contributed by atoms with E-state index in [1.807, 2.05) is 13.2 Å². The molecule has 1 aliphatic rings. The summed E-state index contributed by atoms with van der Waals surface area (Å²) in [6.07, 6.45) is 4.03. The Bertz CT molecular complexity index is 703. The van der Waals surface area contributed by atoms with Crippen molar-refractivity contribution >= 4 is 11.4 Å². The normalized spacial score (nSPS) is 21.0.